The van der Waals surface area contributed by atoms with Gasteiger partial charge in [0.05, 0.1) is 6.61 Å². The first kappa shape index (κ1) is 25.8. The molecule has 8 nitrogen and oxygen atoms in total. The number of aliphatic hydroxyl groups excluding tert-OH is 1. The number of alkyl halides is 1. The fourth-order valence-corrected chi connectivity index (χ4v) is 4.71. The molecular weight excluding hydrogens is 457 g/mol. The summed E-state index contributed by atoms with van der Waals surface area (Å²) < 4.78 is 29.1. The summed E-state index contributed by atoms with van der Waals surface area (Å²) >= 11 is 0. The van der Waals surface area contributed by atoms with Crippen LogP contribution in [0.15, 0.2) is 47.4 Å². The molecule has 2 N–H and O–H groups in total. The van der Waals surface area contributed by atoms with Crippen LogP contribution in [0.4, 0.5) is 10.2 Å². The fourth-order valence-electron chi connectivity index (χ4n) is 3.40. The van der Waals surface area contributed by atoms with E-state index in [0.29, 0.717) is 5.56 Å². The molecule has 3 rings (SSSR count). The van der Waals surface area contributed by atoms with Crippen molar-refractivity contribution in [2.24, 2.45) is 0 Å². The highest BCUT2D eigenvalue weighted by Gasteiger charge is 2.61. The molecular formula is C24H30FN3O5Si. The van der Waals surface area contributed by atoms with Crippen molar-refractivity contribution in [3.63, 3.8) is 0 Å². The predicted molar refractivity (Wildman–Crippen MR) is 129 cm³/mol. The summed E-state index contributed by atoms with van der Waals surface area (Å²) in [6, 6.07) is 9.76. The van der Waals surface area contributed by atoms with Gasteiger partial charge in [-0.2, -0.15) is 4.98 Å². The number of hydrogen-bond acceptors (Lipinski definition) is 6. The van der Waals surface area contributed by atoms with Crippen LogP contribution in [0.25, 0.3) is 0 Å². The van der Waals surface area contributed by atoms with Gasteiger partial charge in [0.25, 0.3) is 5.91 Å². The largest absolute Gasteiger partial charge is 0.407 e. The Bertz CT molecular complexity index is 1140. The molecule has 0 bridgehead atoms. The Balaban J connectivity index is 1.91. The highest BCUT2D eigenvalue weighted by Crippen LogP contribution is 2.46. The second kappa shape index (κ2) is 9.42. The Hall–Kier alpha value is -2.84. The van der Waals surface area contributed by atoms with E-state index in [1.807, 2.05) is 33.9 Å². The molecule has 10 heteroatoms. The number of nitrogens with one attached hydrogen (secondary N) is 1. The summed E-state index contributed by atoms with van der Waals surface area (Å²) in [7, 11) is -2.51. The maximum absolute atomic E-state index is 16.3. The molecule has 1 amide bonds. The van der Waals surface area contributed by atoms with E-state index >= 15 is 4.39 Å². The van der Waals surface area contributed by atoms with E-state index in [0.717, 1.165) is 4.57 Å². The van der Waals surface area contributed by atoms with Gasteiger partial charge in [0.2, 0.25) is 5.67 Å². The van der Waals surface area contributed by atoms with Crippen LogP contribution >= 0.6 is 0 Å². The smallest absolute Gasteiger partial charge is 0.351 e. The Labute approximate surface area is 199 Å². The average Bonchev–Trinajstić information content (AvgIpc) is 3.05. The highest BCUT2D eigenvalue weighted by molar-refractivity contribution is 6.74. The molecule has 1 aromatic heterocycles. The molecule has 1 aliphatic rings. The number of nitrogens with zero attached hydrogens (tertiary/aromatic N) is 2. The summed E-state index contributed by atoms with van der Waals surface area (Å²) in [4.78, 5) is 29.0. The lowest BCUT2D eigenvalue weighted by atomic mass is 9.97. The number of anilines is 1. The van der Waals surface area contributed by atoms with Gasteiger partial charge in [-0.1, -0.05) is 44.9 Å². The van der Waals surface area contributed by atoms with Crippen LogP contribution in [0.2, 0.25) is 18.1 Å². The second-order valence-electron chi connectivity index (χ2n) is 9.74. The zero-order valence-corrected chi connectivity index (χ0v) is 20.9. The van der Waals surface area contributed by atoms with Gasteiger partial charge in [-0.05, 0) is 36.3 Å². The van der Waals surface area contributed by atoms with Gasteiger partial charge in [-0.3, -0.25) is 9.36 Å². The SMILES string of the molecule is C#C[C@]1(F)[C@H](O[Si](C)(C)C(C)(C)C)[C@@H](CO)O[C@H]1n1ccc(NC(=O)c2ccccc2)nc1=O. The maximum Gasteiger partial charge on any atom is 0.351 e. The van der Waals surface area contributed by atoms with Crippen molar-refractivity contribution in [1.82, 2.24) is 9.55 Å². The number of terminal acetylenes is 1. The van der Waals surface area contributed by atoms with Crippen molar-refractivity contribution in [3.8, 4) is 12.3 Å². The number of amides is 1. The van der Waals surface area contributed by atoms with Gasteiger partial charge in [0.15, 0.2) is 14.5 Å². The molecule has 0 radical (unpaired) electrons. The van der Waals surface area contributed by atoms with Crippen LogP contribution in [0.3, 0.4) is 0 Å². The van der Waals surface area contributed by atoms with E-state index in [9.17, 15) is 14.7 Å². The van der Waals surface area contributed by atoms with Gasteiger partial charge in [0.1, 0.15) is 18.0 Å². The Morgan fingerprint density at radius 3 is 2.53 bits per heavy atom. The van der Waals surface area contributed by atoms with E-state index in [4.69, 9.17) is 15.6 Å². The highest BCUT2D eigenvalue weighted by atomic mass is 28.4. The summed E-state index contributed by atoms with van der Waals surface area (Å²) in [6.07, 6.45) is 2.92. The monoisotopic (exact) mass is 487 g/mol. The van der Waals surface area contributed by atoms with Crippen molar-refractivity contribution < 1.29 is 23.5 Å². The third-order valence-corrected chi connectivity index (χ3v) is 10.9. The van der Waals surface area contributed by atoms with Crippen molar-refractivity contribution in [2.75, 3.05) is 11.9 Å². The number of carbonyl (C=O) groups is 1. The van der Waals surface area contributed by atoms with Gasteiger partial charge in [-0.15, -0.1) is 6.42 Å². The van der Waals surface area contributed by atoms with Crippen LogP contribution in [-0.2, 0) is 9.16 Å². The van der Waals surface area contributed by atoms with Crippen LogP contribution in [0.5, 0.6) is 0 Å². The van der Waals surface area contributed by atoms with Crippen molar-refractivity contribution in [2.45, 2.75) is 63.0 Å². The zero-order valence-electron chi connectivity index (χ0n) is 19.9. The third kappa shape index (κ3) is 4.83. The van der Waals surface area contributed by atoms with E-state index in [-0.39, 0.29) is 10.9 Å². The van der Waals surface area contributed by atoms with Crippen molar-refractivity contribution >= 4 is 20.0 Å². The van der Waals surface area contributed by atoms with Crippen molar-refractivity contribution in [1.29, 1.82) is 0 Å². The minimum absolute atomic E-state index is 0.00829. The molecule has 1 aromatic carbocycles. The number of halogens is 1. The van der Waals surface area contributed by atoms with Gasteiger partial charge >= 0.3 is 5.69 Å². The first-order valence-corrected chi connectivity index (χ1v) is 13.8. The van der Waals surface area contributed by atoms with E-state index < -0.39 is 50.6 Å². The molecule has 2 aromatic rings. The molecule has 0 aliphatic carbocycles. The quantitative estimate of drug-likeness (QED) is 0.480. The molecule has 0 spiro atoms. The lowest BCUT2D eigenvalue weighted by Crippen LogP contribution is -2.53. The lowest BCUT2D eigenvalue weighted by molar-refractivity contribution is -0.0538. The number of benzene rings is 1. The number of ether oxygens (including phenoxy) is 1. The van der Waals surface area contributed by atoms with Crippen LogP contribution < -0.4 is 11.0 Å². The number of aliphatic hydroxyl groups is 1. The fraction of sp³-hybridized carbons (Fsp3) is 0.458. The first-order chi connectivity index (χ1) is 15.8. The molecule has 2 heterocycles. The number of carbonyl (C=O) groups excluding carboxylic acids is 1. The summed E-state index contributed by atoms with van der Waals surface area (Å²) in [5.74, 6) is 1.65. The molecule has 4 atom stereocenters. The van der Waals surface area contributed by atoms with E-state index in [2.05, 4.69) is 16.2 Å². The Kier molecular flexibility index (Phi) is 7.14. The molecule has 0 unspecified atom stereocenters. The van der Waals surface area contributed by atoms with E-state index in [1.165, 1.54) is 12.3 Å². The molecule has 1 aliphatic heterocycles. The maximum atomic E-state index is 16.3. The summed E-state index contributed by atoms with van der Waals surface area (Å²) in [5.41, 5.74) is -3.03. The number of aromatic nitrogens is 2. The Morgan fingerprint density at radius 1 is 1.35 bits per heavy atom. The summed E-state index contributed by atoms with van der Waals surface area (Å²) in [6.45, 7) is 9.30. The normalized spacial score (nSPS) is 25.1. The van der Waals surface area contributed by atoms with Gasteiger partial charge in [0, 0.05) is 11.8 Å². The standard InChI is InChI=1S/C24H30FN3O5Si/c1-7-24(25)19(33-34(5,6)23(2,3)4)17(15-29)32-21(24)28-14-13-18(27-22(28)31)26-20(30)16-11-9-8-10-12-16/h1,8-14,17,19,21,29H,15H2,2-6H3,(H,26,27,30,31)/t17-,19-,21-,24+/m1/s1. The van der Waals surface area contributed by atoms with Crippen molar-refractivity contribution in [3.05, 3.63) is 58.6 Å². The first-order valence-electron chi connectivity index (χ1n) is 10.9. The van der Waals surface area contributed by atoms with Crippen LogP contribution in [0, 0.1) is 12.3 Å². The molecule has 34 heavy (non-hydrogen) atoms. The van der Waals surface area contributed by atoms with E-state index in [1.54, 1.807) is 30.3 Å². The molecule has 1 saturated heterocycles. The molecule has 182 valence electrons. The minimum atomic E-state index is -2.54. The summed E-state index contributed by atoms with van der Waals surface area (Å²) in [5, 5.41) is 12.2. The topological polar surface area (TPSA) is 103 Å². The van der Waals surface area contributed by atoms with Gasteiger partial charge < -0.3 is 19.6 Å². The van der Waals surface area contributed by atoms with Crippen LogP contribution in [0.1, 0.15) is 37.4 Å². The third-order valence-electron chi connectivity index (χ3n) is 6.40. The number of hydrogen-bond donors (Lipinski definition) is 2. The predicted octanol–water partition coefficient (Wildman–Crippen LogP) is 3.12. The van der Waals surface area contributed by atoms with Gasteiger partial charge in [-0.25, -0.2) is 9.18 Å². The lowest BCUT2D eigenvalue weighted by Gasteiger charge is -2.41. The second-order valence-corrected chi connectivity index (χ2v) is 14.5. The molecule has 1 fully saturated rings. The average molecular weight is 488 g/mol. The Morgan fingerprint density at radius 2 is 2.00 bits per heavy atom. The molecule has 0 saturated carbocycles. The van der Waals surface area contributed by atoms with Crippen LogP contribution in [-0.4, -0.2) is 53.4 Å². The minimum Gasteiger partial charge on any atom is -0.407 e. The number of rotatable bonds is 6. The zero-order chi connectivity index (χ0) is 25.3.